The number of carbonyl (C=O) groups is 2. The van der Waals surface area contributed by atoms with E-state index >= 15 is 0 Å². The molecule has 2 aliphatic rings. The Balaban J connectivity index is 1.11. The van der Waals surface area contributed by atoms with E-state index in [-0.39, 0.29) is 47.8 Å². The van der Waals surface area contributed by atoms with Crippen LogP contribution in [0.3, 0.4) is 0 Å². The molecule has 0 saturated carbocycles. The van der Waals surface area contributed by atoms with Gasteiger partial charge in [0.2, 0.25) is 11.8 Å². The van der Waals surface area contributed by atoms with Crippen LogP contribution < -0.4 is 10.6 Å². The van der Waals surface area contributed by atoms with Gasteiger partial charge in [-0.3, -0.25) is 9.59 Å². The van der Waals surface area contributed by atoms with Crippen molar-refractivity contribution in [3.8, 4) is 33.6 Å². The molecule has 0 spiro atoms. The SMILES string of the molecule is CCC(C)C(NC)C(=O)N1CCC[C@H]1c1ncc(-c2ccc(-c3ccc(-c4cnc([C@@H]5CCCN5C(=O)[C@@H](NC)C(C)CC)[nH]4)cc3)cc2)[nH]1. The second-order valence-corrected chi connectivity index (χ2v) is 14.2. The number of amides is 2. The lowest BCUT2D eigenvalue weighted by Gasteiger charge is -2.30. The molecule has 2 aliphatic heterocycles. The number of rotatable bonds is 13. The smallest absolute Gasteiger partial charge is 0.240 e. The standard InChI is InChI=1S/C40H54N8O2/c1-7-25(3)35(41-5)39(49)47-21-9-11-33(47)37-43-23-31(45-37)29-17-13-27(14-18-29)28-15-19-30(20-16-28)32-24-44-38(46-32)34-12-10-22-48(34)40(50)36(42-6)26(4)8-2/h13-20,23-26,33-36,41-42H,7-12,21-22H2,1-6H3,(H,43,45)(H,44,46)/t25?,26?,33-,34-,35-,36?/m0/s1. The van der Waals surface area contributed by atoms with Crippen LogP contribution in [0, 0.1) is 11.8 Å². The second kappa shape index (κ2) is 15.7. The summed E-state index contributed by atoms with van der Waals surface area (Å²) < 4.78 is 0. The monoisotopic (exact) mass is 678 g/mol. The second-order valence-electron chi connectivity index (χ2n) is 14.2. The third-order valence-corrected chi connectivity index (χ3v) is 11.2. The van der Waals surface area contributed by atoms with Gasteiger partial charge in [-0.1, -0.05) is 89.1 Å². The maximum atomic E-state index is 13.5. The minimum absolute atomic E-state index is 0.0279. The molecule has 6 rings (SSSR count). The predicted octanol–water partition coefficient (Wildman–Crippen LogP) is 6.73. The number of aromatic nitrogens is 4. The third kappa shape index (κ3) is 7.14. The van der Waals surface area contributed by atoms with Gasteiger partial charge in [0.05, 0.1) is 47.9 Å². The minimum atomic E-state index is -0.181. The molecule has 0 bridgehead atoms. The van der Waals surface area contributed by atoms with Crippen LogP contribution in [-0.4, -0.2) is 80.8 Å². The largest absolute Gasteiger partial charge is 0.340 e. The lowest BCUT2D eigenvalue weighted by atomic mass is 9.97. The average molecular weight is 679 g/mol. The number of likely N-dealkylation sites (tertiary alicyclic amines) is 2. The van der Waals surface area contributed by atoms with E-state index in [1.807, 2.05) is 36.3 Å². The Bertz CT molecular complexity index is 1600. The zero-order valence-corrected chi connectivity index (χ0v) is 30.5. The maximum absolute atomic E-state index is 13.5. The van der Waals surface area contributed by atoms with Crippen molar-refractivity contribution in [3.05, 3.63) is 72.6 Å². The lowest BCUT2D eigenvalue weighted by molar-refractivity contribution is -0.136. The van der Waals surface area contributed by atoms with E-state index in [0.717, 1.165) is 96.9 Å². The Labute approximate surface area is 296 Å². The molecule has 2 fully saturated rings. The van der Waals surface area contributed by atoms with Crippen LogP contribution in [0.2, 0.25) is 0 Å². The first-order valence-electron chi connectivity index (χ1n) is 18.5. The molecule has 0 radical (unpaired) electrons. The predicted molar refractivity (Wildman–Crippen MR) is 199 cm³/mol. The van der Waals surface area contributed by atoms with Crippen LogP contribution in [-0.2, 0) is 9.59 Å². The fourth-order valence-electron chi connectivity index (χ4n) is 7.75. The number of likely N-dealkylation sites (N-methyl/N-ethyl adjacent to an activating group) is 2. The molecule has 2 amide bonds. The van der Waals surface area contributed by atoms with Crippen LogP contribution >= 0.6 is 0 Å². The van der Waals surface area contributed by atoms with Crippen LogP contribution in [0.1, 0.15) is 90.0 Å². The van der Waals surface area contributed by atoms with E-state index < -0.39 is 0 Å². The summed E-state index contributed by atoms with van der Waals surface area (Å²) in [6.45, 7) is 10.0. The number of carbonyl (C=O) groups excluding carboxylic acids is 2. The van der Waals surface area contributed by atoms with Crippen LogP contribution in [0.25, 0.3) is 33.6 Å². The van der Waals surface area contributed by atoms with Gasteiger partial charge >= 0.3 is 0 Å². The first-order valence-corrected chi connectivity index (χ1v) is 18.5. The van der Waals surface area contributed by atoms with E-state index in [0.29, 0.717) is 0 Å². The first kappa shape index (κ1) is 35.5. The number of imidazole rings is 2. The molecule has 2 aromatic carbocycles. The van der Waals surface area contributed by atoms with Crippen molar-refractivity contribution in [1.82, 2.24) is 40.4 Å². The summed E-state index contributed by atoms with van der Waals surface area (Å²) in [6, 6.07) is 16.6. The number of hydrogen-bond donors (Lipinski definition) is 4. The van der Waals surface area contributed by atoms with Gasteiger partial charge in [0.15, 0.2) is 0 Å². The minimum Gasteiger partial charge on any atom is -0.340 e. The molecular formula is C40H54N8O2. The molecule has 10 heteroatoms. The number of H-pyrrole nitrogens is 2. The zero-order chi connectivity index (χ0) is 35.4. The van der Waals surface area contributed by atoms with Gasteiger partial charge < -0.3 is 30.4 Å². The zero-order valence-electron chi connectivity index (χ0n) is 30.5. The van der Waals surface area contributed by atoms with E-state index in [1.54, 1.807) is 0 Å². The highest BCUT2D eigenvalue weighted by Gasteiger charge is 2.38. The quantitative estimate of drug-likeness (QED) is 0.124. The molecule has 266 valence electrons. The normalized spacial score (nSPS) is 20.2. The van der Waals surface area contributed by atoms with Crippen molar-refractivity contribution < 1.29 is 9.59 Å². The average Bonchev–Trinajstić information content (AvgIpc) is 3.98. The molecule has 10 nitrogen and oxygen atoms in total. The summed E-state index contributed by atoms with van der Waals surface area (Å²) in [6.07, 6.45) is 9.46. The Hall–Kier alpha value is -4.28. The van der Waals surface area contributed by atoms with Gasteiger partial charge in [-0.15, -0.1) is 0 Å². The molecule has 50 heavy (non-hydrogen) atoms. The summed E-state index contributed by atoms with van der Waals surface area (Å²) in [5.41, 5.74) is 6.27. The lowest BCUT2D eigenvalue weighted by Crippen LogP contribution is -2.48. The molecular weight excluding hydrogens is 624 g/mol. The Morgan fingerprint density at radius 3 is 1.38 bits per heavy atom. The van der Waals surface area contributed by atoms with E-state index in [9.17, 15) is 9.59 Å². The van der Waals surface area contributed by atoms with E-state index in [4.69, 9.17) is 9.97 Å². The Morgan fingerprint density at radius 1 is 0.680 bits per heavy atom. The summed E-state index contributed by atoms with van der Waals surface area (Å²) in [5, 5.41) is 6.50. The van der Waals surface area contributed by atoms with Gasteiger partial charge in [-0.05, 0) is 73.9 Å². The van der Waals surface area contributed by atoms with Crippen LogP contribution in [0.15, 0.2) is 60.9 Å². The van der Waals surface area contributed by atoms with Crippen LogP contribution in [0.5, 0.6) is 0 Å². The molecule has 4 heterocycles. The highest BCUT2D eigenvalue weighted by molar-refractivity contribution is 5.83. The van der Waals surface area contributed by atoms with E-state index in [2.05, 4.69) is 96.8 Å². The summed E-state index contributed by atoms with van der Waals surface area (Å²) in [5.74, 6) is 2.58. The number of hydrogen-bond acceptors (Lipinski definition) is 6. The molecule has 2 aromatic heterocycles. The van der Waals surface area contributed by atoms with Gasteiger partial charge in [-0.25, -0.2) is 9.97 Å². The number of aromatic amines is 2. The Morgan fingerprint density at radius 2 is 1.04 bits per heavy atom. The fraction of sp³-hybridized carbons (Fsp3) is 0.500. The summed E-state index contributed by atoms with van der Waals surface area (Å²) in [7, 11) is 3.75. The highest BCUT2D eigenvalue weighted by atomic mass is 16.2. The topological polar surface area (TPSA) is 122 Å². The van der Waals surface area contributed by atoms with Crippen molar-refractivity contribution in [2.75, 3.05) is 27.2 Å². The van der Waals surface area contributed by atoms with Gasteiger partial charge in [0.1, 0.15) is 11.6 Å². The number of benzene rings is 2. The molecule has 6 atom stereocenters. The van der Waals surface area contributed by atoms with Crippen molar-refractivity contribution in [1.29, 1.82) is 0 Å². The van der Waals surface area contributed by atoms with Crippen molar-refractivity contribution in [2.45, 2.75) is 90.4 Å². The maximum Gasteiger partial charge on any atom is 0.240 e. The van der Waals surface area contributed by atoms with Crippen molar-refractivity contribution in [2.24, 2.45) is 11.8 Å². The van der Waals surface area contributed by atoms with Crippen LogP contribution in [0.4, 0.5) is 0 Å². The summed E-state index contributed by atoms with van der Waals surface area (Å²) in [4.78, 5) is 47.5. The molecule has 3 unspecified atom stereocenters. The van der Waals surface area contributed by atoms with Crippen molar-refractivity contribution >= 4 is 11.8 Å². The van der Waals surface area contributed by atoms with Gasteiger partial charge in [0.25, 0.3) is 0 Å². The fourth-order valence-corrected chi connectivity index (χ4v) is 7.75. The highest BCUT2D eigenvalue weighted by Crippen LogP contribution is 2.35. The number of nitrogens with one attached hydrogen (secondary N) is 4. The third-order valence-electron chi connectivity index (χ3n) is 11.2. The Kier molecular flexibility index (Phi) is 11.2. The molecule has 2 saturated heterocycles. The molecule has 4 N–H and O–H groups in total. The van der Waals surface area contributed by atoms with Gasteiger partial charge in [0, 0.05) is 13.1 Å². The molecule has 4 aromatic rings. The number of nitrogens with zero attached hydrogens (tertiary/aromatic N) is 4. The van der Waals surface area contributed by atoms with E-state index in [1.165, 1.54) is 0 Å². The molecule has 0 aliphatic carbocycles. The van der Waals surface area contributed by atoms with Crippen molar-refractivity contribution in [3.63, 3.8) is 0 Å². The van der Waals surface area contributed by atoms with Gasteiger partial charge in [-0.2, -0.15) is 0 Å². The summed E-state index contributed by atoms with van der Waals surface area (Å²) >= 11 is 0. The first-order chi connectivity index (χ1) is 24.3.